The Morgan fingerprint density at radius 2 is 1.92 bits per heavy atom. The lowest BCUT2D eigenvalue weighted by Gasteiger charge is -2.57. The molecule has 0 bridgehead atoms. The smallest absolute Gasteiger partial charge is 0.343 e. The lowest BCUT2D eigenvalue weighted by atomic mass is 9.60. The number of anilines is 1. The number of fused-ring (bicyclic) bond motifs is 1. The van der Waals surface area contributed by atoms with Crippen molar-refractivity contribution in [3.63, 3.8) is 0 Å². The van der Waals surface area contributed by atoms with Gasteiger partial charge in [0.25, 0.3) is 5.91 Å². The van der Waals surface area contributed by atoms with Crippen LogP contribution in [-0.2, 0) is 19.5 Å². The van der Waals surface area contributed by atoms with E-state index in [1.807, 2.05) is 27.0 Å². The molecule has 1 spiro atoms. The van der Waals surface area contributed by atoms with Gasteiger partial charge in [-0.15, -0.1) is 5.10 Å². The Kier molecular flexibility index (Phi) is 8.87. The summed E-state index contributed by atoms with van der Waals surface area (Å²) >= 11 is 6.46. The first-order valence-corrected chi connectivity index (χ1v) is 16.9. The van der Waals surface area contributed by atoms with Crippen LogP contribution in [-0.4, -0.2) is 68.1 Å². The van der Waals surface area contributed by atoms with Crippen molar-refractivity contribution in [3.05, 3.63) is 105 Å². The van der Waals surface area contributed by atoms with Crippen LogP contribution in [0.3, 0.4) is 0 Å². The van der Waals surface area contributed by atoms with Gasteiger partial charge >= 0.3 is 6.01 Å². The predicted molar refractivity (Wildman–Crippen MR) is 184 cm³/mol. The minimum Gasteiger partial charge on any atom is -0.422 e. The summed E-state index contributed by atoms with van der Waals surface area (Å²) in [4.78, 5) is 28.8. The standard InChI is InChI=1S/C37H39ClFN7O2/c1-4-46(24(2)3)35(47)29-17-28(39)10-11-32(29)48-36-41-34(33(38)42-43-36)45-22-37(23-45)18-26(19-37)16-27-12-14-40-31-13-15-44(21-30(27)31)20-25-8-6-5-7-9-25/h5-12,14,16-17,24H,4,13,15,18-23H2,1-3H3. The second-order valence-electron chi connectivity index (χ2n) is 13.4. The zero-order chi connectivity index (χ0) is 33.4. The highest BCUT2D eigenvalue weighted by Crippen LogP contribution is 2.53. The van der Waals surface area contributed by atoms with Crippen LogP contribution < -0.4 is 9.64 Å². The van der Waals surface area contributed by atoms with Gasteiger partial charge in [-0.1, -0.05) is 58.7 Å². The first-order valence-electron chi connectivity index (χ1n) is 16.6. The summed E-state index contributed by atoms with van der Waals surface area (Å²) in [5.74, 6) is -0.223. The normalized spacial score (nSPS) is 16.7. The molecule has 4 aromatic rings. The first-order chi connectivity index (χ1) is 23.2. The maximum Gasteiger partial charge on any atom is 0.343 e. The molecular weight excluding hydrogens is 629 g/mol. The van der Waals surface area contributed by atoms with E-state index in [1.54, 1.807) is 4.90 Å². The van der Waals surface area contributed by atoms with Crippen molar-refractivity contribution in [1.29, 1.82) is 0 Å². The number of pyridine rings is 1. The van der Waals surface area contributed by atoms with Crippen LogP contribution >= 0.6 is 11.6 Å². The van der Waals surface area contributed by atoms with Crippen LogP contribution in [0, 0.1) is 11.2 Å². The summed E-state index contributed by atoms with van der Waals surface area (Å²) in [5.41, 5.74) is 6.87. The van der Waals surface area contributed by atoms with Crippen LogP contribution in [0.15, 0.2) is 66.4 Å². The Hall–Kier alpha value is -4.41. The number of allylic oxidation sites excluding steroid dienone is 1. The van der Waals surface area contributed by atoms with Crippen molar-refractivity contribution in [3.8, 4) is 11.8 Å². The average Bonchev–Trinajstić information content (AvgIpc) is 3.04. The topological polar surface area (TPSA) is 87.6 Å². The van der Waals surface area contributed by atoms with E-state index < -0.39 is 5.82 Å². The molecule has 7 rings (SSSR count). The number of halogens is 2. The van der Waals surface area contributed by atoms with E-state index in [2.05, 4.69) is 67.5 Å². The molecular formula is C37H39ClFN7O2. The van der Waals surface area contributed by atoms with Crippen molar-refractivity contribution >= 4 is 29.4 Å². The molecule has 2 aromatic carbocycles. The molecule has 2 aliphatic heterocycles. The highest BCUT2D eigenvalue weighted by Gasteiger charge is 2.51. The van der Waals surface area contributed by atoms with E-state index in [0.717, 1.165) is 52.0 Å². The number of benzene rings is 2. The molecule has 48 heavy (non-hydrogen) atoms. The third-order valence-electron chi connectivity index (χ3n) is 9.60. The minimum atomic E-state index is -0.532. The van der Waals surface area contributed by atoms with Gasteiger partial charge < -0.3 is 14.5 Å². The molecule has 11 heteroatoms. The summed E-state index contributed by atoms with van der Waals surface area (Å²) in [5, 5.41) is 8.28. The molecule has 248 valence electrons. The quantitative estimate of drug-likeness (QED) is 0.189. The van der Waals surface area contributed by atoms with E-state index in [-0.39, 0.29) is 39.8 Å². The second kappa shape index (κ2) is 13.2. The van der Waals surface area contributed by atoms with Crippen molar-refractivity contribution < 1.29 is 13.9 Å². The Morgan fingerprint density at radius 1 is 1.12 bits per heavy atom. The van der Waals surface area contributed by atoms with Gasteiger partial charge in [0.05, 0.1) is 5.56 Å². The molecule has 3 aliphatic rings. The molecule has 1 saturated heterocycles. The third-order valence-corrected chi connectivity index (χ3v) is 9.84. The highest BCUT2D eigenvalue weighted by molar-refractivity contribution is 6.31. The summed E-state index contributed by atoms with van der Waals surface area (Å²) < 4.78 is 20.1. The van der Waals surface area contributed by atoms with E-state index in [1.165, 1.54) is 46.2 Å². The SMILES string of the molecule is CCN(C(=O)c1cc(F)ccc1Oc1nnc(Cl)c(N2CC3(CC(=Cc4ccnc5c4CN(Cc4ccccc4)CC5)C3)C2)n1)C(C)C. The average molecular weight is 668 g/mol. The lowest BCUT2D eigenvalue weighted by Crippen LogP contribution is -2.60. The zero-order valence-corrected chi connectivity index (χ0v) is 28.3. The van der Waals surface area contributed by atoms with Crippen LogP contribution in [0.4, 0.5) is 10.2 Å². The van der Waals surface area contributed by atoms with E-state index in [0.29, 0.717) is 12.4 Å². The third kappa shape index (κ3) is 6.51. The van der Waals surface area contributed by atoms with Gasteiger partial charge in [0.1, 0.15) is 11.6 Å². The Morgan fingerprint density at radius 3 is 2.67 bits per heavy atom. The van der Waals surface area contributed by atoms with Gasteiger partial charge in [-0.25, -0.2) is 4.39 Å². The number of nitrogens with zero attached hydrogens (tertiary/aromatic N) is 7. The summed E-state index contributed by atoms with van der Waals surface area (Å²) in [6.45, 7) is 10.6. The molecule has 9 nitrogen and oxygen atoms in total. The predicted octanol–water partition coefficient (Wildman–Crippen LogP) is 6.96. The van der Waals surface area contributed by atoms with Gasteiger partial charge in [-0.2, -0.15) is 4.98 Å². The Balaban J connectivity index is 1.01. The molecule has 0 N–H and O–H groups in total. The number of hydrogen-bond donors (Lipinski definition) is 0. The monoisotopic (exact) mass is 667 g/mol. The van der Waals surface area contributed by atoms with Crippen LogP contribution in [0.5, 0.6) is 11.8 Å². The number of amides is 1. The van der Waals surface area contributed by atoms with Gasteiger partial charge in [0.15, 0.2) is 11.0 Å². The highest BCUT2D eigenvalue weighted by atomic mass is 35.5. The number of hydrogen-bond acceptors (Lipinski definition) is 8. The van der Waals surface area contributed by atoms with E-state index >= 15 is 0 Å². The van der Waals surface area contributed by atoms with Crippen LogP contribution in [0.25, 0.3) is 6.08 Å². The minimum absolute atomic E-state index is 0.0541. The molecule has 1 saturated carbocycles. The Labute approximate surface area is 285 Å². The van der Waals surface area contributed by atoms with Gasteiger partial charge in [0, 0.05) is 69.0 Å². The zero-order valence-electron chi connectivity index (χ0n) is 27.5. The number of carbonyl (C=O) groups excluding carboxylic acids is 1. The second-order valence-corrected chi connectivity index (χ2v) is 13.8. The molecule has 2 aromatic heterocycles. The number of ether oxygens (including phenoxy) is 1. The fourth-order valence-electron chi connectivity index (χ4n) is 7.29. The molecule has 0 radical (unpaired) electrons. The van der Waals surface area contributed by atoms with Gasteiger partial charge in [-0.05, 0) is 74.6 Å². The molecule has 2 fully saturated rings. The van der Waals surface area contributed by atoms with Crippen LogP contribution in [0.2, 0.25) is 5.15 Å². The lowest BCUT2D eigenvalue weighted by molar-refractivity contribution is 0.0713. The van der Waals surface area contributed by atoms with Gasteiger partial charge in [-0.3, -0.25) is 14.7 Å². The number of aromatic nitrogens is 4. The van der Waals surface area contributed by atoms with Gasteiger partial charge in [0.2, 0.25) is 0 Å². The first kappa shape index (κ1) is 32.2. The Bertz CT molecular complexity index is 1850. The van der Waals surface area contributed by atoms with Crippen molar-refractivity contribution in [2.45, 2.75) is 59.2 Å². The molecule has 1 amide bonds. The van der Waals surface area contributed by atoms with E-state index in [9.17, 15) is 9.18 Å². The molecule has 0 unspecified atom stereocenters. The van der Waals surface area contributed by atoms with Crippen molar-refractivity contribution in [1.82, 2.24) is 30.0 Å². The van der Waals surface area contributed by atoms with Crippen molar-refractivity contribution in [2.24, 2.45) is 5.41 Å². The summed E-state index contributed by atoms with van der Waals surface area (Å²) in [7, 11) is 0. The molecule has 0 atom stereocenters. The molecule has 1 aliphatic carbocycles. The largest absolute Gasteiger partial charge is 0.422 e. The fourth-order valence-corrected chi connectivity index (χ4v) is 7.49. The summed E-state index contributed by atoms with van der Waals surface area (Å²) in [6, 6.07) is 16.5. The fraction of sp³-hybridized carbons (Fsp3) is 0.378. The number of rotatable bonds is 9. The van der Waals surface area contributed by atoms with E-state index in [4.69, 9.17) is 21.3 Å². The molecule has 4 heterocycles. The maximum absolute atomic E-state index is 14.2. The number of carbonyl (C=O) groups is 1. The van der Waals surface area contributed by atoms with Crippen LogP contribution in [0.1, 0.15) is 66.4 Å². The van der Waals surface area contributed by atoms with Crippen molar-refractivity contribution in [2.75, 3.05) is 31.1 Å². The maximum atomic E-state index is 14.2. The summed E-state index contributed by atoms with van der Waals surface area (Å²) in [6.07, 6.45) is 7.30.